The van der Waals surface area contributed by atoms with Crippen molar-refractivity contribution in [1.29, 1.82) is 0 Å². The summed E-state index contributed by atoms with van der Waals surface area (Å²) in [5.41, 5.74) is 0.476. The van der Waals surface area contributed by atoms with Gasteiger partial charge in [-0.3, -0.25) is 4.79 Å². The first-order valence-corrected chi connectivity index (χ1v) is 11.6. The second-order valence-electron chi connectivity index (χ2n) is 6.69. The normalized spacial score (nSPS) is 11.5. The summed E-state index contributed by atoms with van der Waals surface area (Å²) in [4.78, 5) is 45.5. The van der Waals surface area contributed by atoms with E-state index in [4.69, 9.17) is 9.47 Å². The van der Waals surface area contributed by atoms with E-state index in [1.165, 1.54) is 6.07 Å². The van der Waals surface area contributed by atoms with Crippen LogP contribution in [0.1, 0.15) is 64.0 Å². The number of rotatable bonds is 15. The molecule has 0 aromatic heterocycles. The van der Waals surface area contributed by atoms with Crippen molar-refractivity contribution in [2.24, 2.45) is 0 Å². The molecule has 1 unspecified atom stereocenters. The van der Waals surface area contributed by atoms with Crippen LogP contribution in [0.15, 0.2) is 24.3 Å². The van der Waals surface area contributed by atoms with Crippen LogP contribution >= 0.6 is 7.82 Å². The first-order valence-electron chi connectivity index (χ1n) is 10.1. The van der Waals surface area contributed by atoms with Crippen molar-refractivity contribution in [2.45, 2.75) is 58.4 Å². The molecule has 0 aliphatic carbocycles. The molecule has 0 aliphatic rings. The summed E-state index contributed by atoms with van der Waals surface area (Å²) in [7, 11) is -5.21. The molecule has 0 fully saturated rings. The van der Waals surface area contributed by atoms with E-state index in [0.717, 1.165) is 25.7 Å². The number of ether oxygens (including phenoxy) is 2. The molecule has 1 aromatic rings. The van der Waals surface area contributed by atoms with Crippen molar-refractivity contribution in [3.05, 3.63) is 29.8 Å². The number of phosphoric ester groups is 1. The fourth-order valence-electron chi connectivity index (χ4n) is 2.71. The Bertz CT molecular complexity index is 717. The van der Waals surface area contributed by atoms with Crippen LogP contribution < -0.4 is 79.0 Å². The van der Waals surface area contributed by atoms with Crippen LogP contribution in [0.2, 0.25) is 0 Å². The van der Waals surface area contributed by atoms with Gasteiger partial charge in [0.15, 0.2) is 6.61 Å². The number of nitrogens with one attached hydrogen (secondary N) is 1. The van der Waals surface area contributed by atoms with Crippen LogP contribution in [0.4, 0.5) is 0 Å². The van der Waals surface area contributed by atoms with Gasteiger partial charge in [0, 0.05) is 6.42 Å². The Kier molecular flexibility index (Phi) is 20.7. The number of esters is 1. The largest absolute Gasteiger partial charge is 1.00 e. The third-order valence-electron chi connectivity index (χ3n) is 4.16. The zero-order valence-electron chi connectivity index (χ0n) is 19.5. The van der Waals surface area contributed by atoms with Gasteiger partial charge in [0.05, 0.1) is 27.1 Å². The summed E-state index contributed by atoms with van der Waals surface area (Å²) in [6.07, 6.45) is 5.18. The van der Waals surface area contributed by atoms with Gasteiger partial charge in [-0.2, -0.15) is 0 Å². The zero-order valence-corrected chi connectivity index (χ0v) is 24.4. The number of carbonyl (C=O) groups is 2. The fraction of sp³-hybridized carbons (Fsp3) is 0.600. The molecule has 1 aromatic carbocycles. The van der Waals surface area contributed by atoms with Crippen molar-refractivity contribution >= 4 is 19.7 Å². The molecule has 0 bridgehead atoms. The van der Waals surface area contributed by atoms with E-state index in [0.29, 0.717) is 17.7 Å². The van der Waals surface area contributed by atoms with Gasteiger partial charge in [-0.15, -0.1) is 0 Å². The van der Waals surface area contributed by atoms with Gasteiger partial charge in [0.25, 0.3) is 0 Å². The van der Waals surface area contributed by atoms with Crippen LogP contribution in [0.25, 0.3) is 0 Å². The molecule has 0 saturated carbocycles. The maximum atomic E-state index is 12.3. The van der Waals surface area contributed by atoms with Crippen molar-refractivity contribution in [1.82, 2.24) is 5.32 Å². The molecular formula is C20H30NNa2O8P. The van der Waals surface area contributed by atoms with Gasteiger partial charge >= 0.3 is 65.1 Å². The maximum Gasteiger partial charge on any atom is 1.00 e. The van der Waals surface area contributed by atoms with Crippen molar-refractivity contribution in [3.63, 3.8) is 0 Å². The van der Waals surface area contributed by atoms with E-state index in [1.807, 2.05) is 0 Å². The van der Waals surface area contributed by atoms with Gasteiger partial charge in [-0.05, 0) is 31.0 Å². The van der Waals surface area contributed by atoms with E-state index in [-0.39, 0.29) is 84.7 Å². The van der Waals surface area contributed by atoms with Gasteiger partial charge in [0.1, 0.15) is 5.75 Å². The first-order chi connectivity index (χ1) is 14.2. The summed E-state index contributed by atoms with van der Waals surface area (Å²) < 4.78 is 25.4. The third kappa shape index (κ3) is 16.6. The number of hydrogen-bond acceptors (Lipinski definition) is 8. The minimum Gasteiger partial charge on any atom is -0.790 e. The number of carbonyl (C=O) groups excluding carboxylic acids is 2. The molecule has 0 saturated heterocycles. The van der Waals surface area contributed by atoms with E-state index >= 15 is 0 Å². The van der Waals surface area contributed by atoms with E-state index in [9.17, 15) is 23.9 Å². The molecule has 0 heterocycles. The topological polar surface area (TPSA) is 137 Å². The molecule has 9 nitrogen and oxygen atoms in total. The second kappa shape index (κ2) is 19.4. The Morgan fingerprint density at radius 1 is 1.09 bits per heavy atom. The minimum absolute atomic E-state index is 0. The van der Waals surface area contributed by atoms with Crippen molar-refractivity contribution in [2.75, 3.05) is 19.8 Å². The summed E-state index contributed by atoms with van der Waals surface area (Å²) in [6.45, 7) is 3.19. The molecule has 0 spiro atoms. The van der Waals surface area contributed by atoms with Gasteiger partial charge in [-0.1, -0.05) is 44.7 Å². The quantitative estimate of drug-likeness (QED) is 0.114. The average Bonchev–Trinajstić information content (AvgIpc) is 2.69. The monoisotopic (exact) mass is 489 g/mol. The maximum absolute atomic E-state index is 12.3. The molecule has 1 N–H and O–H groups in total. The molecule has 0 radical (unpaired) electrons. The number of phosphoric acid groups is 1. The van der Waals surface area contributed by atoms with Gasteiger partial charge < -0.3 is 33.7 Å². The smallest absolute Gasteiger partial charge is 0.790 e. The van der Waals surface area contributed by atoms with E-state index in [1.54, 1.807) is 25.1 Å². The van der Waals surface area contributed by atoms with Crippen LogP contribution in [0.3, 0.4) is 0 Å². The van der Waals surface area contributed by atoms with Crippen LogP contribution in [0.5, 0.6) is 5.75 Å². The molecule has 1 rings (SSSR count). The Morgan fingerprint density at radius 2 is 1.78 bits per heavy atom. The van der Waals surface area contributed by atoms with Crippen LogP contribution in [-0.2, 0) is 23.4 Å². The Labute approximate surface area is 234 Å². The van der Waals surface area contributed by atoms with E-state index in [2.05, 4.69) is 16.8 Å². The SMILES string of the molecule is CCCCCCCC(=O)NC(COP(=O)([O-])[O-])c1cccc(OCC(=O)OCC)c1.[Na+].[Na+]. The molecule has 170 valence electrons. The zero-order chi connectivity index (χ0) is 22.4. The Morgan fingerprint density at radius 3 is 2.41 bits per heavy atom. The van der Waals surface area contributed by atoms with E-state index < -0.39 is 26.4 Å². The van der Waals surface area contributed by atoms with Crippen molar-refractivity contribution in [3.8, 4) is 5.75 Å². The third-order valence-corrected chi connectivity index (χ3v) is 4.63. The first kappa shape index (κ1) is 34.2. The number of amides is 1. The summed E-state index contributed by atoms with van der Waals surface area (Å²) in [5.74, 6) is -0.478. The number of benzene rings is 1. The standard InChI is InChI=1S/C20H32NO8P.2Na/c1-3-5-6-7-8-12-19(22)21-18(14-29-30(24,25)26)16-10-9-11-17(13-16)28-15-20(23)27-4-2;;/h9-11,13,18H,3-8,12,14-15H2,1-2H3,(H,21,22)(H2,24,25,26);;/q;2*+1/p-2. The number of unbranched alkanes of at least 4 members (excludes halogenated alkanes) is 4. The molecule has 0 aliphatic heterocycles. The van der Waals surface area contributed by atoms with Gasteiger partial charge in [-0.25, -0.2) is 4.79 Å². The number of hydrogen-bond donors (Lipinski definition) is 1. The molecule has 1 amide bonds. The van der Waals surface area contributed by atoms with Gasteiger partial charge in [0.2, 0.25) is 5.91 Å². The second-order valence-corrected chi connectivity index (χ2v) is 7.85. The fourth-order valence-corrected chi connectivity index (χ4v) is 3.04. The van der Waals surface area contributed by atoms with Crippen LogP contribution in [-0.4, -0.2) is 31.7 Å². The molecule has 12 heteroatoms. The molecular weight excluding hydrogens is 459 g/mol. The summed E-state index contributed by atoms with van der Waals surface area (Å²) >= 11 is 0. The Balaban J connectivity index is 0. The minimum atomic E-state index is -5.21. The summed E-state index contributed by atoms with van der Waals surface area (Å²) in [6, 6.07) is 5.52. The summed E-state index contributed by atoms with van der Waals surface area (Å²) in [5, 5.41) is 2.70. The van der Waals surface area contributed by atoms with Crippen LogP contribution in [0, 0.1) is 0 Å². The predicted octanol–water partition coefficient (Wildman–Crippen LogP) is -4.00. The average molecular weight is 489 g/mol. The predicted molar refractivity (Wildman–Crippen MR) is 106 cm³/mol. The molecule has 1 atom stereocenters. The molecule has 32 heavy (non-hydrogen) atoms. The Hall–Kier alpha value is 0.0700. The van der Waals surface area contributed by atoms with Crippen molar-refractivity contribution < 1.29 is 97.1 Å².